The summed E-state index contributed by atoms with van der Waals surface area (Å²) in [6.07, 6.45) is 6.74. The van der Waals surface area contributed by atoms with E-state index in [0.717, 1.165) is 48.6 Å². The van der Waals surface area contributed by atoms with Crippen molar-refractivity contribution in [1.29, 1.82) is 0 Å². The highest BCUT2D eigenvalue weighted by Gasteiger charge is 2.22. The fourth-order valence-corrected chi connectivity index (χ4v) is 3.44. The lowest BCUT2D eigenvalue weighted by Crippen LogP contribution is -2.32. The molecule has 2 N–H and O–H groups in total. The van der Waals surface area contributed by atoms with Crippen LogP contribution < -0.4 is 5.32 Å². The number of aromatic amines is 1. The quantitative estimate of drug-likeness (QED) is 0.839. The maximum atomic E-state index is 12.6. The van der Waals surface area contributed by atoms with Gasteiger partial charge in [0.15, 0.2) is 0 Å². The Labute approximate surface area is 148 Å². The van der Waals surface area contributed by atoms with E-state index in [4.69, 9.17) is 0 Å². The lowest BCUT2D eigenvalue weighted by Gasteiger charge is -2.19. The number of nitrogens with one attached hydrogen (secondary N) is 2. The van der Waals surface area contributed by atoms with Gasteiger partial charge in [-0.1, -0.05) is 26.2 Å². The molecule has 0 unspecified atom stereocenters. The van der Waals surface area contributed by atoms with Crippen molar-refractivity contribution in [2.24, 2.45) is 0 Å². The number of hydrogen-bond acceptors (Lipinski definition) is 3. The van der Waals surface area contributed by atoms with Crippen LogP contribution in [0.3, 0.4) is 0 Å². The van der Waals surface area contributed by atoms with Gasteiger partial charge in [0, 0.05) is 13.1 Å². The van der Waals surface area contributed by atoms with Gasteiger partial charge in [-0.25, -0.2) is 9.48 Å². The predicted molar refractivity (Wildman–Crippen MR) is 97.5 cm³/mol. The zero-order valence-corrected chi connectivity index (χ0v) is 15.4. The summed E-state index contributed by atoms with van der Waals surface area (Å²) in [5.41, 5.74) is 2.92. The van der Waals surface area contributed by atoms with Gasteiger partial charge in [-0.05, 0) is 32.3 Å². The highest BCUT2D eigenvalue weighted by Crippen LogP contribution is 2.31. The fourth-order valence-electron chi connectivity index (χ4n) is 3.44. The highest BCUT2D eigenvalue weighted by atomic mass is 16.2. The van der Waals surface area contributed by atoms with Crippen LogP contribution in [0, 0.1) is 6.92 Å². The van der Waals surface area contributed by atoms with Crippen molar-refractivity contribution in [1.82, 2.24) is 24.9 Å². The summed E-state index contributed by atoms with van der Waals surface area (Å²) in [4.78, 5) is 14.2. The van der Waals surface area contributed by atoms with Crippen molar-refractivity contribution in [3.05, 3.63) is 29.2 Å². The molecule has 2 aromatic heterocycles. The molecule has 25 heavy (non-hydrogen) atoms. The van der Waals surface area contributed by atoms with Crippen LogP contribution in [-0.2, 0) is 13.0 Å². The number of urea groups is 1. The third-order valence-electron chi connectivity index (χ3n) is 4.71. The molecule has 1 aliphatic carbocycles. The van der Waals surface area contributed by atoms with Gasteiger partial charge in [-0.2, -0.15) is 10.2 Å². The van der Waals surface area contributed by atoms with Gasteiger partial charge in [-0.15, -0.1) is 0 Å². The summed E-state index contributed by atoms with van der Waals surface area (Å²) in [6.45, 7) is 4.59. The molecule has 7 heteroatoms. The SMILES string of the molecule is CCCc1cc(CN(C)C(=O)Nc2cc(C)nn2C2CCCC2)[nH]n1. The first-order valence-corrected chi connectivity index (χ1v) is 9.18. The summed E-state index contributed by atoms with van der Waals surface area (Å²) < 4.78 is 1.99. The second kappa shape index (κ2) is 7.72. The molecule has 2 aromatic rings. The molecule has 1 saturated carbocycles. The molecule has 2 amide bonds. The van der Waals surface area contributed by atoms with Gasteiger partial charge in [-0.3, -0.25) is 10.4 Å². The van der Waals surface area contributed by atoms with E-state index in [0.29, 0.717) is 12.6 Å². The first-order valence-electron chi connectivity index (χ1n) is 9.18. The van der Waals surface area contributed by atoms with E-state index in [9.17, 15) is 4.79 Å². The van der Waals surface area contributed by atoms with Crippen molar-refractivity contribution >= 4 is 11.8 Å². The van der Waals surface area contributed by atoms with Crippen molar-refractivity contribution in [2.45, 2.75) is 65.0 Å². The molecule has 0 saturated heterocycles. The van der Waals surface area contributed by atoms with Crippen LogP contribution in [0.4, 0.5) is 10.6 Å². The minimum atomic E-state index is -0.134. The normalized spacial score (nSPS) is 14.8. The Morgan fingerprint density at radius 1 is 1.40 bits per heavy atom. The van der Waals surface area contributed by atoms with Crippen LogP contribution in [0.25, 0.3) is 0 Å². The van der Waals surface area contributed by atoms with Gasteiger partial charge < -0.3 is 4.90 Å². The van der Waals surface area contributed by atoms with Crippen LogP contribution in [0.2, 0.25) is 0 Å². The zero-order valence-electron chi connectivity index (χ0n) is 15.4. The second-order valence-electron chi connectivity index (χ2n) is 6.97. The van der Waals surface area contributed by atoms with E-state index < -0.39 is 0 Å². The molecule has 2 heterocycles. The van der Waals surface area contributed by atoms with Crippen LogP contribution >= 0.6 is 0 Å². The minimum absolute atomic E-state index is 0.134. The summed E-state index contributed by atoms with van der Waals surface area (Å²) in [5.74, 6) is 0.789. The Balaban J connectivity index is 1.63. The van der Waals surface area contributed by atoms with Crippen molar-refractivity contribution in [3.63, 3.8) is 0 Å². The second-order valence-corrected chi connectivity index (χ2v) is 6.97. The third kappa shape index (κ3) is 4.21. The number of rotatable bonds is 6. The third-order valence-corrected chi connectivity index (χ3v) is 4.71. The maximum absolute atomic E-state index is 12.6. The number of carbonyl (C=O) groups excluding carboxylic acids is 1. The Morgan fingerprint density at radius 3 is 2.88 bits per heavy atom. The van der Waals surface area contributed by atoms with Crippen LogP contribution in [0.1, 0.15) is 62.2 Å². The van der Waals surface area contributed by atoms with E-state index in [1.54, 1.807) is 11.9 Å². The number of amides is 2. The van der Waals surface area contributed by atoms with Gasteiger partial charge in [0.1, 0.15) is 5.82 Å². The smallest absolute Gasteiger partial charge is 0.322 e. The van der Waals surface area contributed by atoms with Crippen LogP contribution in [0.5, 0.6) is 0 Å². The predicted octanol–water partition coefficient (Wildman–Crippen LogP) is 3.65. The van der Waals surface area contributed by atoms with Gasteiger partial charge in [0.25, 0.3) is 0 Å². The molecule has 0 bridgehead atoms. The summed E-state index contributed by atoms with van der Waals surface area (Å²) >= 11 is 0. The molecule has 0 aliphatic heterocycles. The first kappa shape index (κ1) is 17.5. The Morgan fingerprint density at radius 2 is 2.16 bits per heavy atom. The zero-order chi connectivity index (χ0) is 17.8. The number of carbonyl (C=O) groups is 1. The number of hydrogen-bond donors (Lipinski definition) is 2. The molecule has 7 nitrogen and oxygen atoms in total. The average molecular weight is 344 g/mol. The molecule has 0 atom stereocenters. The molecule has 136 valence electrons. The fraction of sp³-hybridized carbons (Fsp3) is 0.611. The monoisotopic (exact) mass is 344 g/mol. The number of H-pyrrole nitrogens is 1. The number of anilines is 1. The Kier molecular flexibility index (Phi) is 5.40. The van der Waals surface area contributed by atoms with Crippen molar-refractivity contribution in [2.75, 3.05) is 12.4 Å². The lowest BCUT2D eigenvalue weighted by molar-refractivity contribution is 0.220. The molecule has 1 fully saturated rings. The molecule has 0 aromatic carbocycles. The number of aryl methyl sites for hydroxylation is 2. The standard InChI is InChI=1S/C18H28N6O/c1-4-7-14-11-15(21-20-14)12-23(3)18(25)19-17-10-13(2)22-24(17)16-8-5-6-9-16/h10-11,16H,4-9,12H2,1-3H3,(H,19,25)(H,20,21). The molecule has 1 aliphatic rings. The average Bonchev–Trinajstić information content (AvgIpc) is 3.29. The van der Waals surface area contributed by atoms with Crippen molar-refractivity contribution < 1.29 is 4.79 Å². The minimum Gasteiger partial charge on any atom is -0.322 e. The van der Waals surface area contributed by atoms with E-state index >= 15 is 0 Å². The lowest BCUT2D eigenvalue weighted by atomic mass is 10.2. The Hall–Kier alpha value is -2.31. The van der Waals surface area contributed by atoms with E-state index in [1.807, 2.05) is 23.7 Å². The summed E-state index contributed by atoms with van der Waals surface area (Å²) in [7, 11) is 1.79. The highest BCUT2D eigenvalue weighted by molar-refractivity contribution is 5.88. The maximum Gasteiger partial charge on any atom is 0.323 e. The van der Waals surface area contributed by atoms with Gasteiger partial charge in [0.05, 0.1) is 29.7 Å². The molecule has 3 rings (SSSR count). The first-order chi connectivity index (χ1) is 12.1. The van der Waals surface area contributed by atoms with E-state index in [1.165, 1.54) is 12.8 Å². The van der Waals surface area contributed by atoms with Crippen molar-refractivity contribution in [3.8, 4) is 0 Å². The molecular formula is C18H28N6O. The topological polar surface area (TPSA) is 78.8 Å². The van der Waals surface area contributed by atoms with Gasteiger partial charge in [0.2, 0.25) is 0 Å². The number of nitrogens with zero attached hydrogens (tertiary/aromatic N) is 4. The molecule has 0 spiro atoms. The van der Waals surface area contributed by atoms with Crippen LogP contribution in [-0.4, -0.2) is 38.0 Å². The van der Waals surface area contributed by atoms with E-state index in [-0.39, 0.29) is 6.03 Å². The number of aromatic nitrogens is 4. The summed E-state index contributed by atoms with van der Waals surface area (Å²) in [5, 5.41) is 14.9. The Bertz CT molecular complexity index is 713. The summed E-state index contributed by atoms with van der Waals surface area (Å²) in [6, 6.07) is 4.24. The molecular weight excluding hydrogens is 316 g/mol. The largest absolute Gasteiger partial charge is 0.323 e. The van der Waals surface area contributed by atoms with E-state index in [2.05, 4.69) is 27.5 Å². The molecule has 0 radical (unpaired) electrons. The van der Waals surface area contributed by atoms with Crippen LogP contribution in [0.15, 0.2) is 12.1 Å². The van der Waals surface area contributed by atoms with Gasteiger partial charge >= 0.3 is 6.03 Å².